The minimum absolute atomic E-state index is 0.0564. The summed E-state index contributed by atoms with van der Waals surface area (Å²) in [5, 5.41) is 3.78. The van der Waals surface area contributed by atoms with E-state index in [1.54, 1.807) is 0 Å². The van der Waals surface area contributed by atoms with Gasteiger partial charge in [-0.25, -0.2) is 0 Å². The van der Waals surface area contributed by atoms with E-state index in [0.717, 1.165) is 38.8 Å². The van der Waals surface area contributed by atoms with Crippen LogP contribution < -0.4 is 5.32 Å². The van der Waals surface area contributed by atoms with Gasteiger partial charge in [0.15, 0.2) is 0 Å². The molecule has 4 heteroatoms. The molecule has 1 N–H and O–H groups in total. The summed E-state index contributed by atoms with van der Waals surface area (Å²) in [6.45, 7) is 10.5. The maximum absolute atomic E-state index is 12.5. The topological polar surface area (TPSA) is 41.6 Å². The number of nitrogens with one attached hydrogen (secondary N) is 1. The number of carbonyl (C=O) groups excluding carboxylic acids is 1. The number of likely N-dealkylation sites (tertiary alicyclic amines) is 1. The van der Waals surface area contributed by atoms with Crippen LogP contribution in [0.2, 0.25) is 0 Å². The van der Waals surface area contributed by atoms with Gasteiger partial charge in [-0.2, -0.15) is 0 Å². The van der Waals surface area contributed by atoms with Gasteiger partial charge in [0.1, 0.15) is 0 Å². The van der Waals surface area contributed by atoms with Gasteiger partial charge in [-0.1, -0.05) is 12.8 Å². The number of nitrogens with zero attached hydrogens (tertiary/aromatic N) is 1. The quantitative estimate of drug-likeness (QED) is 0.871. The molecule has 0 aromatic rings. The third-order valence-corrected chi connectivity index (χ3v) is 5.72. The summed E-state index contributed by atoms with van der Waals surface area (Å²) in [7, 11) is 0. The number of hydrogen-bond acceptors (Lipinski definition) is 3. The maximum Gasteiger partial charge on any atom is 0.225 e. The van der Waals surface area contributed by atoms with E-state index >= 15 is 0 Å². The lowest BCUT2D eigenvalue weighted by Gasteiger charge is -2.30. The Morgan fingerprint density at radius 1 is 1.14 bits per heavy atom. The van der Waals surface area contributed by atoms with Crippen molar-refractivity contribution >= 4 is 5.91 Å². The van der Waals surface area contributed by atoms with Crippen LogP contribution in [0.1, 0.15) is 66.2 Å². The summed E-state index contributed by atoms with van der Waals surface area (Å²) >= 11 is 0. The van der Waals surface area contributed by atoms with Crippen LogP contribution >= 0.6 is 0 Å². The highest BCUT2D eigenvalue weighted by Gasteiger charge is 2.47. The van der Waals surface area contributed by atoms with Gasteiger partial charge in [0.05, 0.1) is 11.2 Å². The van der Waals surface area contributed by atoms with Gasteiger partial charge in [-0.15, -0.1) is 0 Å². The second kappa shape index (κ2) is 5.79. The second-order valence-corrected chi connectivity index (χ2v) is 8.64. The van der Waals surface area contributed by atoms with Gasteiger partial charge in [0.2, 0.25) is 5.91 Å². The fraction of sp³-hybridized carbons (Fsp3) is 0.944. The molecule has 22 heavy (non-hydrogen) atoms. The zero-order valence-electron chi connectivity index (χ0n) is 14.7. The number of ether oxygens (including phenoxy) is 1. The summed E-state index contributed by atoms with van der Waals surface area (Å²) in [5.41, 5.74) is -0.189. The van der Waals surface area contributed by atoms with Crippen LogP contribution in [0.25, 0.3) is 0 Å². The Kier molecular flexibility index (Phi) is 4.28. The van der Waals surface area contributed by atoms with E-state index in [2.05, 4.69) is 37.9 Å². The van der Waals surface area contributed by atoms with Gasteiger partial charge >= 0.3 is 0 Å². The van der Waals surface area contributed by atoms with E-state index in [1.165, 1.54) is 12.8 Å². The molecule has 0 aromatic heterocycles. The van der Waals surface area contributed by atoms with E-state index in [0.29, 0.717) is 23.9 Å². The number of hydrogen-bond donors (Lipinski definition) is 1. The average molecular weight is 308 g/mol. The molecule has 0 aromatic carbocycles. The van der Waals surface area contributed by atoms with Crippen molar-refractivity contribution in [1.82, 2.24) is 10.2 Å². The zero-order chi connectivity index (χ0) is 16.0. The first-order valence-electron chi connectivity index (χ1n) is 9.02. The largest absolute Gasteiger partial charge is 0.368 e. The molecule has 3 rings (SSSR count). The van der Waals surface area contributed by atoms with Gasteiger partial charge in [0, 0.05) is 31.1 Å². The molecule has 1 saturated carbocycles. The molecule has 3 aliphatic rings. The van der Waals surface area contributed by atoms with Crippen LogP contribution in [0.3, 0.4) is 0 Å². The van der Waals surface area contributed by atoms with Crippen molar-refractivity contribution in [2.45, 2.75) is 89.5 Å². The molecule has 3 fully saturated rings. The first kappa shape index (κ1) is 16.3. The van der Waals surface area contributed by atoms with Crippen molar-refractivity contribution in [2.75, 3.05) is 13.1 Å². The molecular weight excluding hydrogens is 276 g/mol. The molecule has 126 valence electrons. The van der Waals surface area contributed by atoms with Crippen molar-refractivity contribution in [3.63, 3.8) is 0 Å². The van der Waals surface area contributed by atoms with Crippen molar-refractivity contribution in [3.8, 4) is 0 Å². The summed E-state index contributed by atoms with van der Waals surface area (Å²) in [4.78, 5) is 14.6. The minimum Gasteiger partial charge on any atom is -0.368 e. The average Bonchev–Trinajstić information content (AvgIpc) is 3.10. The molecule has 0 radical (unpaired) electrons. The van der Waals surface area contributed by atoms with E-state index in [9.17, 15) is 4.79 Å². The number of amides is 1. The highest BCUT2D eigenvalue weighted by Crippen LogP contribution is 2.38. The standard InChI is InChI=1S/C18H32N2O2/c1-17(2)11-15(18(3,4)22-17)19-14-9-10-20(12-14)16(21)13-7-5-6-8-13/h13-15,19H,5-12H2,1-4H3/t14-,15-/m0/s1. The molecule has 4 nitrogen and oxygen atoms in total. The predicted octanol–water partition coefficient (Wildman–Crippen LogP) is 2.71. The molecule has 2 aliphatic heterocycles. The summed E-state index contributed by atoms with van der Waals surface area (Å²) in [6.07, 6.45) is 6.78. The number of carbonyl (C=O) groups is 1. The molecule has 2 heterocycles. The SMILES string of the molecule is CC1(C)C[C@H](N[C@H]2CCN(C(=O)C3CCCC3)C2)C(C)(C)O1. The Bertz CT molecular complexity index is 427. The summed E-state index contributed by atoms with van der Waals surface area (Å²) in [6, 6.07) is 0.793. The molecule has 1 amide bonds. The lowest BCUT2D eigenvalue weighted by Crippen LogP contribution is -2.49. The Labute approximate surface area is 135 Å². The van der Waals surface area contributed by atoms with Crippen LogP contribution in [0, 0.1) is 5.92 Å². The van der Waals surface area contributed by atoms with E-state index in [1.807, 2.05) is 0 Å². The Morgan fingerprint density at radius 3 is 2.41 bits per heavy atom. The van der Waals surface area contributed by atoms with Gasteiger partial charge in [-0.05, 0) is 53.4 Å². The van der Waals surface area contributed by atoms with Crippen LogP contribution in [0.15, 0.2) is 0 Å². The van der Waals surface area contributed by atoms with Crippen molar-refractivity contribution in [3.05, 3.63) is 0 Å². The van der Waals surface area contributed by atoms with E-state index in [4.69, 9.17) is 4.74 Å². The lowest BCUT2D eigenvalue weighted by atomic mass is 9.93. The summed E-state index contributed by atoms with van der Waals surface area (Å²) in [5.74, 6) is 0.716. The molecule has 1 aliphatic carbocycles. The zero-order valence-corrected chi connectivity index (χ0v) is 14.7. The monoisotopic (exact) mass is 308 g/mol. The molecule has 2 atom stereocenters. The molecule has 0 unspecified atom stereocenters. The van der Waals surface area contributed by atoms with Gasteiger partial charge < -0.3 is 15.0 Å². The van der Waals surface area contributed by atoms with Crippen LogP contribution in [-0.2, 0) is 9.53 Å². The maximum atomic E-state index is 12.5. The first-order valence-corrected chi connectivity index (χ1v) is 9.02. The van der Waals surface area contributed by atoms with Crippen LogP contribution in [-0.4, -0.2) is 47.2 Å². The Balaban J connectivity index is 1.54. The predicted molar refractivity (Wildman–Crippen MR) is 87.7 cm³/mol. The fourth-order valence-corrected chi connectivity index (χ4v) is 4.63. The van der Waals surface area contributed by atoms with E-state index < -0.39 is 0 Å². The van der Waals surface area contributed by atoms with Crippen molar-refractivity contribution < 1.29 is 9.53 Å². The molecule has 0 bridgehead atoms. The Morgan fingerprint density at radius 2 is 1.82 bits per heavy atom. The van der Waals surface area contributed by atoms with Gasteiger partial charge in [-0.3, -0.25) is 4.79 Å². The first-order chi connectivity index (χ1) is 10.3. The van der Waals surface area contributed by atoms with Gasteiger partial charge in [0.25, 0.3) is 0 Å². The van der Waals surface area contributed by atoms with E-state index in [-0.39, 0.29) is 11.2 Å². The molecule has 0 spiro atoms. The van der Waals surface area contributed by atoms with Crippen LogP contribution in [0.5, 0.6) is 0 Å². The minimum atomic E-state index is -0.133. The van der Waals surface area contributed by atoms with Crippen molar-refractivity contribution in [2.24, 2.45) is 5.92 Å². The fourth-order valence-electron chi connectivity index (χ4n) is 4.63. The molecular formula is C18H32N2O2. The molecule has 2 saturated heterocycles. The second-order valence-electron chi connectivity index (χ2n) is 8.64. The highest BCUT2D eigenvalue weighted by molar-refractivity contribution is 5.79. The lowest BCUT2D eigenvalue weighted by molar-refractivity contribution is -0.134. The smallest absolute Gasteiger partial charge is 0.225 e. The number of rotatable bonds is 3. The third-order valence-electron chi connectivity index (χ3n) is 5.72. The Hall–Kier alpha value is -0.610. The third kappa shape index (κ3) is 3.33. The summed E-state index contributed by atoms with van der Waals surface area (Å²) < 4.78 is 6.17. The van der Waals surface area contributed by atoms with Crippen molar-refractivity contribution in [1.29, 1.82) is 0 Å². The normalized spacial score (nSPS) is 34.5. The van der Waals surface area contributed by atoms with Crippen LogP contribution in [0.4, 0.5) is 0 Å². The highest BCUT2D eigenvalue weighted by atomic mass is 16.5.